The number of Topliss-reactive ketones (excluding diaryl/α,β-unsaturated/α-hetero) is 1. The fraction of sp³-hybridized carbons (Fsp3) is 0.536. The van der Waals surface area contributed by atoms with Crippen LogP contribution in [0.15, 0.2) is 42.5 Å². The molecule has 5 atom stereocenters. The molecule has 3 aliphatic carbocycles. The van der Waals surface area contributed by atoms with Gasteiger partial charge in [0.25, 0.3) is 0 Å². The fourth-order valence-corrected chi connectivity index (χ4v) is 7.39. The molecule has 4 aliphatic rings. The molecule has 0 radical (unpaired) electrons. The lowest BCUT2D eigenvalue weighted by Gasteiger charge is -2.58. The highest BCUT2D eigenvalue weighted by molar-refractivity contribution is 5.82. The average molecular weight is 432 g/mol. The molecule has 1 saturated heterocycles. The number of carbonyl (C=O) groups is 1. The van der Waals surface area contributed by atoms with Crippen molar-refractivity contribution in [1.29, 1.82) is 0 Å². The molecular formula is C28H33NO3. The summed E-state index contributed by atoms with van der Waals surface area (Å²) in [5.74, 6) is 3.22. The second-order valence-electron chi connectivity index (χ2n) is 10.6. The third kappa shape index (κ3) is 3.18. The second kappa shape index (κ2) is 7.62. The van der Waals surface area contributed by atoms with Gasteiger partial charge in [-0.1, -0.05) is 36.4 Å². The van der Waals surface area contributed by atoms with E-state index in [1.807, 2.05) is 6.07 Å². The molecule has 2 unspecified atom stereocenters. The van der Waals surface area contributed by atoms with E-state index in [0.29, 0.717) is 36.3 Å². The molecule has 168 valence electrons. The van der Waals surface area contributed by atoms with Gasteiger partial charge in [0.15, 0.2) is 11.5 Å². The quantitative estimate of drug-likeness (QED) is 0.756. The number of benzene rings is 2. The van der Waals surface area contributed by atoms with Crippen molar-refractivity contribution in [3.63, 3.8) is 0 Å². The number of phenols is 1. The molecule has 2 aromatic rings. The van der Waals surface area contributed by atoms with Crippen LogP contribution in [0.4, 0.5) is 0 Å². The van der Waals surface area contributed by atoms with E-state index >= 15 is 0 Å². The Balaban J connectivity index is 1.26. The Morgan fingerprint density at radius 3 is 2.81 bits per heavy atom. The fourth-order valence-electron chi connectivity index (χ4n) is 7.39. The van der Waals surface area contributed by atoms with Crippen molar-refractivity contribution >= 4 is 5.78 Å². The Hall–Kier alpha value is -2.33. The molecule has 1 aliphatic heterocycles. The molecule has 2 aromatic carbocycles. The molecule has 2 bridgehead atoms. The SMILES string of the molecule is COc1ccc2c(c1O)[C@]13CCN(CC4CC4Cc4ccccc4)[C@H](C2)[C@@H]1CCC(=O)C3. The molecule has 0 aromatic heterocycles. The molecule has 1 heterocycles. The van der Waals surface area contributed by atoms with E-state index in [4.69, 9.17) is 4.74 Å². The van der Waals surface area contributed by atoms with Crippen molar-refractivity contribution in [2.45, 2.75) is 56.4 Å². The molecule has 6 rings (SSSR count). The van der Waals surface area contributed by atoms with Crippen LogP contribution in [0.2, 0.25) is 0 Å². The lowest BCUT2D eigenvalue weighted by atomic mass is 9.52. The summed E-state index contributed by atoms with van der Waals surface area (Å²) in [6.45, 7) is 2.21. The molecular weight excluding hydrogens is 398 g/mol. The summed E-state index contributed by atoms with van der Waals surface area (Å²) in [5.41, 5.74) is 3.50. The van der Waals surface area contributed by atoms with E-state index in [2.05, 4.69) is 41.3 Å². The summed E-state index contributed by atoms with van der Waals surface area (Å²) in [5, 5.41) is 11.1. The van der Waals surface area contributed by atoms with Gasteiger partial charge in [0.05, 0.1) is 7.11 Å². The standard InChI is InChI=1S/C28H33NO3/c1-32-25-10-7-19-15-24-23-9-8-22(30)16-28(23,26(19)27(25)31)11-12-29(24)17-21-14-20(21)13-18-5-3-2-4-6-18/h2-7,10,20-21,23-24,31H,8-9,11-17H2,1H3/t20?,21?,23-,24+,28-/m0/s1. The van der Waals surface area contributed by atoms with Crippen LogP contribution < -0.4 is 4.74 Å². The minimum atomic E-state index is -0.213. The summed E-state index contributed by atoms with van der Waals surface area (Å²) in [6, 6.07) is 15.4. The highest BCUT2D eigenvalue weighted by Crippen LogP contribution is 2.59. The zero-order chi connectivity index (χ0) is 21.9. The first-order chi connectivity index (χ1) is 15.6. The van der Waals surface area contributed by atoms with Gasteiger partial charge in [-0.05, 0) is 73.6 Å². The Bertz CT molecular complexity index is 1030. The van der Waals surface area contributed by atoms with Gasteiger partial charge in [0, 0.05) is 36.4 Å². The number of carbonyl (C=O) groups excluding carboxylic acids is 1. The number of methoxy groups -OCH3 is 1. The molecule has 4 nitrogen and oxygen atoms in total. The van der Waals surface area contributed by atoms with E-state index < -0.39 is 0 Å². The maximum Gasteiger partial charge on any atom is 0.161 e. The van der Waals surface area contributed by atoms with Crippen LogP contribution in [0.5, 0.6) is 11.5 Å². The zero-order valence-corrected chi connectivity index (χ0v) is 18.9. The van der Waals surface area contributed by atoms with Gasteiger partial charge in [-0.25, -0.2) is 0 Å². The number of aromatic hydroxyl groups is 1. The lowest BCUT2D eigenvalue weighted by molar-refractivity contribution is -0.127. The van der Waals surface area contributed by atoms with Crippen LogP contribution in [-0.4, -0.2) is 42.0 Å². The Morgan fingerprint density at radius 2 is 2.00 bits per heavy atom. The van der Waals surface area contributed by atoms with Crippen LogP contribution >= 0.6 is 0 Å². The monoisotopic (exact) mass is 431 g/mol. The molecule has 2 saturated carbocycles. The number of piperidine rings is 1. The minimum Gasteiger partial charge on any atom is -0.504 e. The first-order valence-corrected chi connectivity index (χ1v) is 12.3. The average Bonchev–Trinajstić information content (AvgIpc) is 3.53. The number of ether oxygens (including phenoxy) is 1. The van der Waals surface area contributed by atoms with Gasteiger partial charge in [-0.15, -0.1) is 0 Å². The number of fused-ring (bicyclic) bond motifs is 1. The summed E-state index contributed by atoms with van der Waals surface area (Å²) < 4.78 is 5.45. The minimum absolute atomic E-state index is 0.213. The molecule has 1 N–H and O–H groups in total. The molecule has 32 heavy (non-hydrogen) atoms. The van der Waals surface area contributed by atoms with Gasteiger partial charge < -0.3 is 9.84 Å². The van der Waals surface area contributed by atoms with Gasteiger partial charge in [0.1, 0.15) is 5.78 Å². The van der Waals surface area contributed by atoms with Crippen LogP contribution in [0.25, 0.3) is 0 Å². The second-order valence-corrected chi connectivity index (χ2v) is 10.6. The normalized spacial score (nSPS) is 33.3. The highest BCUT2D eigenvalue weighted by Gasteiger charge is 2.57. The van der Waals surface area contributed by atoms with Crippen molar-refractivity contribution in [1.82, 2.24) is 4.90 Å². The predicted octanol–water partition coefficient (Wildman–Crippen LogP) is 4.52. The first kappa shape index (κ1) is 20.3. The Kier molecular flexibility index (Phi) is 4.83. The Morgan fingerprint density at radius 1 is 1.16 bits per heavy atom. The van der Waals surface area contributed by atoms with E-state index in [0.717, 1.165) is 43.2 Å². The summed E-state index contributed by atoms with van der Waals surface area (Å²) in [4.78, 5) is 15.4. The summed E-state index contributed by atoms with van der Waals surface area (Å²) >= 11 is 0. The number of likely N-dealkylation sites (tertiary alicyclic amines) is 1. The maximum absolute atomic E-state index is 12.6. The van der Waals surface area contributed by atoms with Crippen molar-refractivity contribution in [3.05, 3.63) is 59.2 Å². The van der Waals surface area contributed by atoms with E-state index in [-0.39, 0.29) is 11.2 Å². The van der Waals surface area contributed by atoms with Gasteiger partial charge >= 0.3 is 0 Å². The van der Waals surface area contributed by atoms with Crippen molar-refractivity contribution in [2.75, 3.05) is 20.2 Å². The number of hydrogen-bond donors (Lipinski definition) is 1. The number of phenolic OH excluding ortho intramolecular Hbond substituents is 1. The van der Waals surface area contributed by atoms with Crippen LogP contribution in [0.1, 0.15) is 48.8 Å². The Labute approximate surface area is 190 Å². The highest BCUT2D eigenvalue weighted by atomic mass is 16.5. The molecule has 0 spiro atoms. The van der Waals surface area contributed by atoms with Gasteiger partial charge in [-0.3, -0.25) is 9.69 Å². The number of ketones is 1. The van der Waals surface area contributed by atoms with Crippen LogP contribution in [0, 0.1) is 17.8 Å². The maximum atomic E-state index is 12.6. The van der Waals surface area contributed by atoms with Crippen molar-refractivity contribution in [3.8, 4) is 11.5 Å². The summed E-state index contributed by atoms with van der Waals surface area (Å²) in [6.07, 6.45) is 6.69. The van der Waals surface area contributed by atoms with E-state index in [9.17, 15) is 9.90 Å². The number of nitrogens with zero attached hydrogens (tertiary/aromatic N) is 1. The third-order valence-corrected chi connectivity index (χ3v) is 8.99. The molecule has 0 amide bonds. The topological polar surface area (TPSA) is 49.8 Å². The first-order valence-electron chi connectivity index (χ1n) is 12.3. The van der Waals surface area contributed by atoms with Gasteiger partial charge in [-0.2, -0.15) is 0 Å². The van der Waals surface area contributed by atoms with Crippen molar-refractivity contribution in [2.24, 2.45) is 17.8 Å². The van der Waals surface area contributed by atoms with Gasteiger partial charge in [0.2, 0.25) is 0 Å². The van der Waals surface area contributed by atoms with Crippen LogP contribution in [-0.2, 0) is 23.1 Å². The lowest BCUT2D eigenvalue weighted by Crippen LogP contribution is -2.62. The summed E-state index contributed by atoms with van der Waals surface area (Å²) in [7, 11) is 1.61. The molecule has 4 heteroatoms. The predicted molar refractivity (Wildman–Crippen MR) is 124 cm³/mol. The number of rotatable bonds is 5. The van der Waals surface area contributed by atoms with E-state index in [1.165, 1.54) is 30.5 Å². The zero-order valence-electron chi connectivity index (χ0n) is 18.9. The largest absolute Gasteiger partial charge is 0.504 e. The van der Waals surface area contributed by atoms with Crippen molar-refractivity contribution < 1.29 is 14.6 Å². The van der Waals surface area contributed by atoms with E-state index in [1.54, 1.807) is 7.11 Å². The molecule has 3 fully saturated rings. The smallest absolute Gasteiger partial charge is 0.161 e. The van der Waals surface area contributed by atoms with Crippen LogP contribution in [0.3, 0.4) is 0 Å². The third-order valence-electron chi connectivity index (χ3n) is 8.99. The number of hydrogen-bond acceptors (Lipinski definition) is 4.